The fourth-order valence-electron chi connectivity index (χ4n) is 2.09. The van der Waals surface area contributed by atoms with Crippen LogP contribution >= 0.6 is 0 Å². The predicted molar refractivity (Wildman–Crippen MR) is 75.7 cm³/mol. The third-order valence-corrected chi connectivity index (χ3v) is 3.47. The second-order valence-corrected chi connectivity index (χ2v) is 5.25. The molecule has 2 rings (SSSR count). The summed E-state index contributed by atoms with van der Waals surface area (Å²) in [6.07, 6.45) is 3.91. The van der Waals surface area contributed by atoms with Crippen LogP contribution in [0.1, 0.15) is 30.8 Å². The quantitative estimate of drug-likeness (QED) is 0.746. The van der Waals surface area contributed by atoms with Crippen molar-refractivity contribution in [3.05, 3.63) is 29.7 Å². The van der Waals surface area contributed by atoms with Crippen molar-refractivity contribution in [3.8, 4) is 0 Å². The Morgan fingerprint density at radius 3 is 2.86 bits per heavy atom. The molecule has 1 aliphatic carbocycles. The Balaban J connectivity index is 1.89. The number of rotatable bonds is 7. The van der Waals surface area contributed by atoms with E-state index in [2.05, 4.69) is 12.2 Å². The largest absolute Gasteiger partial charge is 0.480 e. The smallest absolute Gasteiger partial charge is 0.328 e. The molecule has 1 aromatic rings. The van der Waals surface area contributed by atoms with Gasteiger partial charge in [-0.2, -0.15) is 0 Å². The number of carbonyl (C=O) groups excluding carboxylic acids is 1. The number of methoxy groups -OCH3 is 1. The van der Waals surface area contributed by atoms with Crippen molar-refractivity contribution in [2.75, 3.05) is 13.7 Å². The van der Waals surface area contributed by atoms with Gasteiger partial charge in [0.05, 0.1) is 6.61 Å². The minimum absolute atomic E-state index is 0.0839. The lowest BCUT2D eigenvalue weighted by Crippen LogP contribution is -2.43. The Labute approximate surface area is 122 Å². The lowest BCUT2D eigenvalue weighted by Gasteiger charge is -2.11. The van der Waals surface area contributed by atoms with E-state index in [1.54, 1.807) is 6.07 Å². The van der Waals surface area contributed by atoms with Crippen LogP contribution in [0.25, 0.3) is 6.08 Å². The van der Waals surface area contributed by atoms with Crippen LogP contribution in [-0.2, 0) is 14.3 Å². The molecule has 1 amide bonds. The van der Waals surface area contributed by atoms with E-state index >= 15 is 0 Å². The summed E-state index contributed by atoms with van der Waals surface area (Å²) in [7, 11) is 1.38. The van der Waals surface area contributed by atoms with E-state index in [1.165, 1.54) is 19.3 Å². The van der Waals surface area contributed by atoms with Gasteiger partial charge in [-0.05, 0) is 30.5 Å². The third-order valence-electron chi connectivity index (χ3n) is 3.47. The van der Waals surface area contributed by atoms with E-state index in [9.17, 15) is 9.59 Å². The standard InChI is InChI=1S/C15H19NO5/c1-9-7-11(9)13-5-3-10(21-13)4-6-14(17)16-12(8-20-2)15(18)19/h3-6,9,11-12H,7-8H2,1-2H3,(H,16,17)(H,18,19)/b6-4+. The zero-order valence-electron chi connectivity index (χ0n) is 12.0. The van der Waals surface area contributed by atoms with Gasteiger partial charge in [0.25, 0.3) is 0 Å². The van der Waals surface area contributed by atoms with Gasteiger partial charge in [-0.25, -0.2) is 4.79 Å². The Morgan fingerprint density at radius 1 is 1.57 bits per heavy atom. The molecule has 21 heavy (non-hydrogen) atoms. The van der Waals surface area contributed by atoms with Crippen molar-refractivity contribution in [1.29, 1.82) is 0 Å². The number of carbonyl (C=O) groups is 2. The number of furan rings is 1. The second-order valence-electron chi connectivity index (χ2n) is 5.25. The molecular weight excluding hydrogens is 274 g/mol. The first-order valence-corrected chi connectivity index (χ1v) is 6.81. The molecule has 6 nitrogen and oxygen atoms in total. The summed E-state index contributed by atoms with van der Waals surface area (Å²) < 4.78 is 10.4. The molecule has 0 saturated heterocycles. The minimum Gasteiger partial charge on any atom is -0.480 e. The van der Waals surface area contributed by atoms with Crippen molar-refractivity contribution < 1.29 is 23.8 Å². The second kappa shape index (κ2) is 6.58. The number of amides is 1. The maximum absolute atomic E-state index is 11.7. The van der Waals surface area contributed by atoms with Crippen LogP contribution in [0.2, 0.25) is 0 Å². The fourth-order valence-corrected chi connectivity index (χ4v) is 2.09. The molecule has 3 unspecified atom stereocenters. The number of ether oxygens (including phenoxy) is 1. The van der Waals surface area contributed by atoms with Crippen LogP contribution in [0.3, 0.4) is 0 Å². The van der Waals surface area contributed by atoms with Crippen molar-refractivity contribution >= 4 is 18.0 Å². The molecule has 0 spiro atoms. The number of carboxylic acid groups (broad SMARTS) is 1. The van der Waals surface area contributed by atoms with Gasteiger partial charge in [0.15, 0.2) is 6.04 Å². The topological polar surface area (TPSA) is 88.8 Å². The normalized spacial score (nSPS) is 22.2. The van der Waals surface area contributed by atoms with Crippen molar-refractivity contribution in [3.63, 3.8) is 0 Å². The van der Waals surface area contributed by atoms with Gasteiger partial charge in [-0.1, -0.05) is 6.92 Å². The highest BCUT2D eigenvalue weighted by Crippen LogP contribution is 2.47. The van der Waals surface area contributed by atoms with Gasteiger partial charge in [0, 0.05) is 19.1 Å². The number of hydrogen-bond donors (Lipinski definition) is 2. The van der Waals surface area contributed by atoms with Gasteiger partial charge >= 0.3 is 5.97 Å². The molecule has 0 radical (unpaired) electrons. The number of carboxylic acids is 1. The summed E-state index contributed by atoms with van der Waals surface area (Å²) in [6, 6.07) is 2.65. The molecule has 1 heterocycles. The molecule has 0 bridgehead atoms. The van der Waals surface area contributed by atoms with E-state index in [0.29, 0.717) is 17.6 Å². The molecule has 1 fully saturated rings. The first-order chi connectivity index (χ1) is 10.0. The molecule has 2 N–H and O–H groups in total. The van der Waals surface area contributed by atoms with Gasteiger partial charge in [-0.3, -0.25) is 4.79 Å². The van der Waals surface area contributed by atoms with E-state index in [-0.39, 0.29) is 6.61 Å². The van der Waals surface area contributed by atoms with E-state index < -0.39 is 17.9 Å². The summed E-state index contributed by atoms with van der Waals surface area (Å²) in [4.78, 5) is 22.5. The number of nitrogens with one attached hydrogen (secondary N) is 1. The molecule has 6 heteroatoms. The molecule has 0 aromatic carbocycles. The minimum atomic E-state index is -1.14. The van der Waals surface area contributed by atoms with Crippen LogP contribution < -0.4 is 5.32 Å². The highest BCUT2D eigenvalue weighted by Gasteiger charge is 2.36. The van der Waals surface area contributed by atoms with Crippen LogP contribution in [0, 0.1) is 5.92 Å². The average Bonchev–Trinajstić information content (AvgIpc) is 2.99. The Morgan fingerprint density at radius 2 is 2.29 bits per heavy atom. The lowest BCUT2D eigenvalue weighted by atomic mass is 10.3. The Bertz CT molecular complexity index is 548. The molecule has 1 saturated carbocycles. The van der Waals surface area contributed by atoms with E-state index in [1.807, 2.05) is 6.07 Å². The predicted octanol–water partition coefficient (Wildman–Crippen LogP) is 1.63. The molecule has 1 aliphatic rings. The van der Waals surface area contributed by atoms with Crippen molar-refractivity contribution in [2.45, 2.75) is 25.3 Å². The molecule has 1 aromatic heterocycles. The summed E-state index contributed by atoms with van der Waals surface area (Å²) in [5.74, 6) is 1.02. The summed E-state index contributed by atoms with van der Waals surface area (Å²) in [5.41, 5.74) is 0. The number of aliphatic carboxylic acids is 1. The van der Waals surface area contributed by atoms with Crippen molar-refractivity contribution in [1.82, 2.24) is 5.32 Å². The average molecular weight is 293 g/mol. The highest BCUT2D eigenvalue weighted by molar-refractivity contribution is 5.94. The molecular formula is C15H19NO5. The van der Waals surface area contributed by atoms with Gasteiger partial charge < -0.3 is 19.6 Å². The van der Waals surface area contributed by atoms with Gasteiger partial charge in [-0.15, -0.1) is 0 Å². The fraction of sp³-hybridized carbons (Fsp3) is 0.467. The van der Waals surface area contributed by atoms with E-state index in [0.717, 1.165) is 12.2 Å². The first-order valence-electron chi connectivity index (χ1n) is 6.81. The molecule has 3 atom stereocenters. The third kappa shape index (κ3) is 4.19. The maximum atomic E-state index is 11.7. The summed E-state index contributed by atoms with van der Waals surface area (Å²) >= 11 is 0. The zero-order chi connectivity index (χ0) is 15.4. The van der Waals surface area contributed by atoms with Crippen LogP contribution in [0.4, 0.5) is 0 Å². The maximum Gasteiger partial charge on any atom is 0.328 e. The van der Waals surface area contributed by atoms with Crippen LogP contribution in [0.5, 0.6) is 0 Å². The monoisotopic (exact) mass is 293 g/mol. The van der Waals surface area contributed by atoms with Crippen LogP contribution in [-0.4, -0.2) is 36.7 Å². The zero-order valence-corrected chi connectivity index (χ0v) is 12.0. The van der Waals surface area contributed by atoms with Crippen LogP contribution in [0.15, 0.2) is 22.6 Å². The molecule has 114 valence electrons. The first kappa shape index (κ1) is 15.3. The van der Waals surface area contributed by atoms with E-state index in [4.69, 9.17) is 14.3 Å². The Hall–Kier alpha value is -2.08. The Kier molecular flexibility index (Phi) is 4.80. The lowest BCUT2D eigenvalue weighted by molar-refractivity contribution is -0.142. The van der Waals surface area contributed by atoms with Gasteiger partial charge in [0.1, 0.15) is 11.5 Å². The van der Waals surface area contributed by atoms with Gasteiger partial charge in [0.2, 0.25) is 5.91 Å². The summed E-state index contributed by atoms with van der Waals surface area (Å²) in [5, 5.41) is 11.2. The summed E-state index contributed by atoms with van der Waals surface area (Å²) in [6.45, 7) is 2.08. The van der Waals surface area contributed by atoms with Crippen molar-refractivity contribution in [2.24, 2.45) is 5.92 Å². The highest BCUT2D eigenvalue weighted by atomic mass is 16.5. The SMILES string of the molecule is COCC(NC(=O)/C=C/c1ccc(C2CC2C)o1)C(=O)O. The molecule has 0 aliphatic heterocycles. The number of hydrogen-bond acceptors (Lipinski definition) is 4.